The van der Waals surface area contributed by atoms with Crippen molar-refractivity contribution in [1.82, 2.24) is 4.90 Å². The van der Waals surface area contributed by atoms with Crippen molar-refractivity contribution in [3.63, 3.8) is 0 Å². The second-order valence-corrected chi connectivity index (χ2v) is 4.22. The number of ether oxygens (including phenoxy) is 1. The van der Waals surface area contributed by atoms with Crippen LogP contribution < -0.4 is 0 Å². The highest BCUT2D eigenvalue weighted by Gasteiger charge is 2.24. The summed E-state index contributed by atoms with van der Waals surface area (Å²) >= 11 is 0. The largest absolute Gasteiger partial charge is 0.480 e. The van der Waals surface area contributed by atoms with Crippen LogP contribution in [0.4, 0.5) is 4.39 Å². The third-order valence-electron chi connectivity index (χ3n) is 2.82. The number of carbonyl (C=O) groups is 1. The Kier molecular flexibility index (Phi) is 5.25. The lowest BCUT2D eigenvalue weighted by Crippen LogP contribution is -2.33. The summed E-state index contributed by atoms with van der Waals surface area (Å²) in [6.07, 6.45) is 0. The number of nitrogens with zero attached hydrogens (tertiary/aromatic N) is 1. The first-order valence-electron chi connectivity index (χ1n) is 5.65. The van der Waals surface area contributed by atoms with Gasteiger partial charge >= 0.3 is 5.97 Å². The molecule has 0 radical (unpaired) electrons. The molecular formula is C13H18FNO3. The summed E-state index contributed by atoms with van der Waals surface area (Å²) in [4.78, 5) is 13.0. The van der Waals surface area contributed by atoms with E-state index in [-0.39, 0.29) is 5.82 Å². The van der Waals surface area contributed by atoms with Gasteiger partial charge in [-0.05, 0) is 31.2 Å². The summed E-state index contributed by atoms with van der Waals surface area (Å²) in [5.41, 5.74) is 1.01. The first-order chi connectivity index (χ1) is 8.47. The Balaban J connectivity index is 2.97. The molecule has 1 rings (SSSR count). The van der Waals surface area contributed by atoms with Crippen LogP contribution in [0.25, 0.3) is 0 Å². The molecule has 4 nitrogen and oxygen atoms in total. The first-order valence-corrected chi connectivity index (χ1v) is 5.65. The Bertz CT molecular complexity index is 423. The second kappa shape index (κ2) is 6.47. The van der Waals surface area contributed by atoms with Gasteiger partial charge in [0.2, 0.25) is 0 Å². The predicted molar refractivity (Wildman–Crippen MR) is 66.0 cm³/mol. The van der Waals surface area contributed by atoms with E-state index in [2.05, 4.69) is 0 Å². The number of methoxy groups -OCH3 is 1. The molecule has 0 saturated carbocycles. The molecule has 100 valence electrons. The fourth-order valence-corrected chi connectivity index (χ4v) is 1.79. The minimum atomic E-state index is -0.959. The van der Waals surface area contributed by atoms with Gasteiger partial charge in [0.1, 0.15) is 11.9 Å². The van der Waals surface area contributed by atoms with Crippen LogP contribution in [-0.4, -0.2) is 43.3 Å². The van der Waals surface area contributed by atoms with Crippen molar-refractivity contribution in [1.29, 1.82) is 0 Å². The standard InChI is InChI=1S/C13H18FNO3/c1-9-8-10(4-5-11(9)14)12(13(16)17)15(2)6-7-18-3/h4-5,8,12H,6-7H2,1-3H3,(H,16,17)/t12-/m0/s1. The van der Waals surface area contributed by atoms with Crippen molar-refractivity contribution < 1.29 is 19.0 Å². The number of aryl methyl sites for hydroxylation is 1. The van der Waals surface area contributed by atoms with Gasteiger partial charge in [-0.2, -0.15) is 0 Å². The van der Waals surface area contributed by atoms with E-state index in [0.29, 0.717) is 24.3 Å². The Hall–Kier alpha value is -1.46. The summed E-state index contributed by atoms with van der Waals surface area (Å²) in [6.45, 7) is 2.55. The summed E-state index contributed by atoms with van der Waals surface area (Å²) in [6, 6.07) is 3.58. The van der Waals surface area contributed by atoms with E-state index in [1.54, 1.807) is 32.0 Å². The summed E-state index contributed by atoms with van der Waals surface area (Å²) in [5, 5.41) is 9.28. The average molecular weight is 255 g/mol. The van der Waals surface area contributed by atoms with Crippen LogP contribution >= 0.6 is 0 Å². The number of carboxylic acid groups (broad SMARTS) is 1. The minimum absolute atomic E-state index is 0.331. The zero-order valence-corrected chi connectivity index (χ0v) is 10.8. The van der Waals surface area contributed by atoms with Crippen molar-refractivity contribution in [2.75, 3.05) is 27.3 Å². The number of hydrogen-bond donors (Lipinski definition) is 1. The molecular weight excluding hydrogens is 237 g/mol. The van der Waals surface area contributed by atoms with E-state index in [0.717, 1.165) is 0 Å². The van der Waals surface area contributed by atoms with Crippen molar-refractivity contribution in [3.05, 3.63) is 35.1 Å². The molecule has 0 aliphatic heterocycles. The van der Waals surface area contributed by atoms with Crippen LogP contribution in [-0.2, 0) is 9.53 Å². The Morgan fingerprint density at radius 2 is 2.22 bits per heavy atom. The lowest BCUT2D eigenvalue weighted by Gasteiger charge is -2.24. The molecule has 1 aromatic rings. The monoisotopic (exact) mass is 255 g/mol. The van der Waals surface area contributed by atoms with Crippen molar-refractivity contribution in [2.24, 2.45) is 0 Å². The molecule has 0 saturated heterocycles. The smallest absolute Gasteiger partial charge is 0.325 e. The molecule has 0 fully saturated rings. The maximum Gasteiger partial charge on any atom is 0.325 e. The van der Waals surface area contributed by atoms with Gasteiger partial charge in [-0.15, -0.1) is 0 Å². The number of halogens is 1. The summed E-state index contributed by atoms with van der Waals surface area (Å²) < 4.78 is 18.1. The van der Waals surface area contributed by atoms with Crippen LogP contribution in [0.15, 0.2) is 18.2 Å². The molecule has 0 heterocycles. The molecule has 5 heteroatoms. The number of hydrogen-bond acceptors (Lipinski definition) is 3. The fraction of sp³-hybridized carbons (Fsp3) is 0.462. The van der Waals surface area contributed by atoms with Gasteiger partial charge in [0, 0.05) is 13.7 Å². The lowest BCUT2D eigenvalue weighted by atomic mass is 10.0. The lowest BCUT2D eigenvalue weighted by molar-refractivity contribution is -0.143. The first kappa shape index (κ1) is 14.6. The number of aliphatic carboxylic acids is 1. The maximum absolute atomic E-state index is 13.2. The van der Waals surface area contributed by atoms with Gasteiger partial charge in [-0.1, -0.05) is 12.1 Å². The topological polar surface area (TPSA) is 49.8 Å². The Labute approximate surface area is 106 Å². The molecule has 0 aromatic heterocycles. The van der Waals surface area contributed by atoms with Crippen LogP contribution in [0.3, 0.4) is 0 Å². The quantitative estimate of drug-likeness (QED) is 0.842. The SMILES string of the molecule is COCCN(C)[C@H](C(=O)O)c1ccc(F)c(C)c1. The van der Waals surface area contributed by atoms with Gasteiger partial charge in [0.05, 0.1) is 6.61 Å². The molecule has 1 aromatic carbocycles. The minimum Gasteiger partial charge on any atom is -0.480 e. The highest BCUT2D eigenvalue weighted by Crippen LogP contribution is 2.21. The van der Waals surface area contributed by atoms with E-state index in [4.69, 9.17) is 4.74 Å². The Morgan fingerprint density at radius 1 is 1.56 bits per heavy atom. The van der Waals surface area contributed by atoms with Gasteiger partial charge in [-0.3, -0.25) is 9.69 Å². The van der Waals surface area contributed by atoms with Crippen LogP contribution in [0.5, 0.6) is 0 Å². The molecule has 1 N–H and O–H groups in total. The fourth-order valence-electron chi connectivity index (χ4n) is 1.79. The van der Waals surface area contributed by atoms with Crippen LogP contribution in [0.1, 0.15) is 17.2 Å². The molecule has 1 atom stereocenters. The third-order valence-corrected chi connectivity index (χ3v) is 2.82. The van der Waals surface area contributed by atoms with E-state index in [1.807, 2.05) is 0 Å². The predicted octanol–water partition coefficient (Wildman–Crippen LogP) is 1.84. The zero-order chi connectivity index (χ0) is 13.7. The van der Waals surface area contributed by atoms with Crippen LogP contribution in [0, 0.1) is 12.7 Å². The van der Waals surface area contributed by atoms with Crippen LogP contribution in [0.2, 0.25) is 0 Å². The molecule has 0 aliphatic rings. The van der Waals surface area contributed by atoms with Crippen molar-refractivity contribution >= 4 is 5.97 Å². The highest BCUT2D eigenvalue weighted by atomic mass is 19.1. The summed E-state index contributed by atoms with van der Waals surface area (Å²) in [5.74, 6) is -1.29. The molecule has 18 heavy (non-hydrogen) atoms. The molecule has 0 unspecified atom stereocenters. The van der Waals surface area contributed by atoms with Gasteiger partial charge in [0.15, 0.2) is 0 Å². The number of rotatable bonds is 6. The molecule has 0 spiro atoms. The average Bonchev–Trinajstić information content (AvgIpc) is 2.31. The van der Waals surface area contributed by atoms with E-state index in [9.17, 15) is 14.3 Å². The van der Waals surface area contributed by atoms with Gasteiger partial charge < -0.3 is 9.84 Å². The number of carboxylic acids is 1. The third kappa shape index (κ3) is 3.51. The maximum atomic E-state index is 13.2. The molecule has 0 amide bonds. The van der Waals surface area contributed by atoms with E-state index < -0.39 is 12.0 Å². The van der Waals surface area contributed by atoms with Gasteiger partial charge in [0.25, 0.3) is 0 Å². The zero-order valence-electron chi connectivity index (χ0n) is 10.8. The Morgan fingerprint density at radius 3 is 2.72 bits per heavy atom. The number of likely N-dealkylation sites (N-methyl/N-ethyl adjacent to an activating group) is 1. The number of benzene rings is 1. The highest BCUT2D eigenvalue weighted by molar-refractivity contribution is 5.75. The van der Waals surface area contributed by atoms with Gasteiger partial charge in [-0.25, -0.2) is 4.39 Å². The van der Waals surface area contributed by atoms with Crippen molar-refractivity contribution in [3.8, 4) is 0 Å². The molecule has 0 bridgehead atoms. The second-order valence-electron chi connectivity index (χ2n) is 4.22. The van der Waals surface area contributed by atoms with E-state index >= 15 is 0 Å². The van der Waals surface area contributed by atoms with Crippen molar-refractivity contribution in [2.45, 2.75) is 13.0 Å². The summed E-state index contributed by atoms with van der Waals surface area (Å²) in [7, 11) is 3.27. The normalized spacial score (nSPS) is 12.7. The molecule has 0 aliphatic carbocycles. The van der Waals surface area contributed by atoms with E-state index in [1.165, 1.54) is 12.1 Å².